The zero-order chi connectivity index (χ0) is 12.0. The zero-order valence-corrected chi connectivity index (χ0v) is 10.7. The zero-order valence-electron chi connectivity index (χ0n) is 9.17. The van der Waals surface area contributed by atoms with Crippen molar-refractivity contribution in [3.63, 3.8) is 0 Å². The fourth-order valence-electron chi connectivity index (χ4n) is 1.65. The summed E-state index contributed by atoms with van der Waals surface area (Å²) in [4.78, 5) is 12.6. The molecule has 0 radical (unpaired) electrons. The average molecular weight is 269 g/mol. The molecule has 0 atom stereocenters. The minimum atomic E-state index is 0.106. The second kappa shape index (κ2) is 3.68. The van der Waals surface area contributed by atoms with Crippen molar-refractivity contribution in [3.05, 3.63) is 22.6 Å². The molecule has 3 rings (SSSR count). The van der Waals surface area contributed by atoms with Crippen LogP contribution in [0.4, 0.5) is 5.82 Å². The number of anilines is 1. The van der Waals surface area contributed by atoms with Crippen LogP contribution in [0, 0.1) is 0 Å². The van der Waals surface area contributed by atoms with Crippen LogP contribution in [0.15, 0.2) is 12.1 Å². The summed E-state index contributed by atoms with van der Waals surface area (Å²) in [5, 5.41) is 3.99. The van der Waals surface area contributed by atoms with Gasteiger partial charge in [0.1, 0.15) is 10.7 Å². The summed E-state index contributed by atoms with van der Waals surface area (Å²) in [6.07, 6.45) is 2.24. The molecule has 1 aliphatic rings. The number of hydrogen-bond acceptors (Lipinski definition) is 4. The highest BCUT2D eigenvalue weighted by atomic mass is 35.5. The molecule has 1 N–H and O–H groups in total. The van der Waals surface area contributed by atoms with Gasteiger partial charge in [-0.25, -0.2) is 9.97 Å². The second-order valence-electron chi connectivity index (χ2n) is 4.53. The highest BCUT2D eigenvalue weighted by Crippen LogP contribution is 2.39. The monoisotopic (exact) mass is 268 g/mol. The molecule has 2 heterocycles. The maximum absolute atomic E-state index is 5.89. The Morgan fingerprint density at radius 3 is 2.65 bits per heavy atom. The van der Waals surface area contributed by atoms with E-state index < -0.39 is 0 Å². The first kappa shape index (κ1) is 11.0. The van der Waals surface area contributed by atoms with Gasteiger partial charge in [-0.2, -0.15) is 4.98 Å². The van der Waals surface area contributed by atoms with E-state index in [0.717, 1.165) is 12.8 Å². The van der Waals surface area contributed by atoms with E-state index in [1.54, 1.807) is 12.1 Å². The molecule has 88 valence electrons. The predicted octanol–water partition coefficient (Wildman–Crippen LogP) is 3.30. The van der Waals surface area contributed by atoms with E-state index in [-0.39, 0.29) is 10.8 Å². The average Bonchev–Trinajstić information content (AvgIpc) is 2.97. The Kier molecular flexibility index (Phi) is 2.38. The Labute approximate surface area is 108 Å². The summed E-state index contributed by atoms with van der Waals surface area (Å²) in [5.41, 5.74) is 1.46. The maximum Gasteiger partial charge on any atom is 0.225 e. The lowest BCUT2D eigenvalue weighted by Gasteiger charge is -2.13. The van der Waals surface area contributed by atoms with Gasteiger partial charge >= 0.3 is 0 Å². The quantitative estimate of drug-likeness (QED) is 0.671. The van der Waals surface area contributed by atoms with Gasteiger partial charge in [0.2, 0.25) is 5.28 Å². The van der Waals surface area contributed by atoms with Crippen LogP contribution in [-0.4, -0.2) is 20.5 Å². The molecule has 0 unspecified atom stereocenters. The van der Waals surface area contributed by atoms with Crippen LogP contribution in [-0.2, 0) is 0 Å². The minimum Gasteiger partial charge on any atom is -0.363 e. The number of nitrogens with zero attached hydrogens (tertiary/aromatic N) is 3. The van der Waals surface area contributed by atoms with Crippen molar-refractivity contribution >= 4 is 40.1 Å². The number of aromatic nitrogens is 3. The van der Waals surface area contributed by atoms with E-state index in [0.29, 0.717) is 22.0 Å². The van der Waals surface area contributed by atoms with Gasteiger partial charge in [0.05, 0.1) is 5.52 Å². The molecule has 0 saturated heterocycles. The summed E-state index contributed by atoms with van der Waals surface area (Å²) < 4.78 is 0. The predicted molar refractivity (Wildman–Crippen MR) is 68.6 cm³/mol. The largest absolute Gasteiger partial charge is 0.363 e. The van der Waals surface area contributed by atoms with E-state index in [9.17, 15) is 0 Å². The van der Waals surface area contributed by atoms with Crippen molar-refractivity contribution in [1.82, 2.24) is 15.0 Å². The van der Waals surface area contributed by atoms with Gasteiger partial charge in [0.25, 0.3) is 0 Å². The van der Waals surface area contributed by atoms with Gasteiger partial charge in [-0.1, -0.05) is 11.6 Å². The van der Waals surface area contributed by atoms with Crippen molar-refractivity contribution in [3.8, 4) is 0 Å². The van der Waals surface area contributed by atoms with Gasteiger partial charge < -0.3 is 5.32 Å². The Balaban J connectivity index is 2.16. The first-order chi connectivity index (χ1) is 8.06. The van der Waals surface area contributed by atoms with E-state index in [4.69, 9.17) is 23.2 Å². The Hall–Kier alpha value is -1.13. The Morgan fingerprint density at radius 2 is 1.94 bits per heavy atom. The molecule has 1 aliphatic carbocycles. The highest BCUT2D eigenvalue weighted by Gasteiger charge is 2.38. The van der Waals surface area contributed by atoms with Crippen molar-refractivity contribution < 1.29 is 0 Å². The third-order valence-corrected chi connectivity index (χ3v) is 3.28. The fourth-order valence-corrected chi connectivity index (χ4v) is 1.97. The molecule has 0 aliphatic heterocycles. The number of nitrogens with one attached hydrogen (secondary N) is 1. The van der Waals surface area contributed by atoms with Crippen LogP contribution in [0.2, 0.25) is 10.4 Å². The van der Waals surface area contributed by atoms with Gasteiger partial charge in [0.15, 0.2) is 5.82 Å². The lowest BCUT2D eigenvalue weighted by Crippen LogP contribution is -2.17. The van der Waals surface area contributed by atoms with Gasteiger partial charge in [-0.05, 0) is 43.5 Å². The molecule has 0 bridgehead atoms. The van der Waals surface area contributed by atoms with E-state index in [2.05, 4.69) is 27.2 Å². The highest BCUT2D eigenvalue weighted by molar-refractivity contribution is 6.30. The standard InChI is InChI=1S/C11H10Cl2N4/c1-11(4-5-11)17-9-8-6(14-10(13)16-9)2-3-7(12)15-8/h2-3H,4-5H2,1H3,(H,14,16,17). The van der Waals surface area contributed by atoms with Crippen molar-refractivity contribution in [2.75, 3.05) is 5.32 Å². The molecule has 0 spiro atoms. The number of rotatable bonds is 2. The molecule has 17 heavy (non-hydrogen) atoms. The van der Waals surface area contributed by atoms with E-state index in [1.165, 1.54) is 0 Å². The lowest BCUT2D eigenvalue weighted by molar-refractivity contribution is 0.821. The molecule has 6 heteroatoms. The Bertz CT molecular complexity index is 595. The van der Waals surface area contributed by atoms with Crippen LogP contribution in [0.25, 0.3) is 11.0 Å². The van der Waals surface area contributed by atoms with E-state index in [1.807, 2.05) is 0 Å². The normalized spacial score (nSPS) is 17.1. The first-order valence-electron chi connectivity index (χ1n) is 5.34. The lowest BCUT2D eigenvalue weighted by atomic mass is 10.3. The summed E-state index contributed by atoms with van der Waals surface area (Å²) in [6, 6.07) is 3.48. The van der Waals surface area contributed by atoms with Gasteiger partial charge in [-0.3, -0.25) is 0 Å². The fraction of sp³-hybridized carbons (Fsp3) is 0.364. The summed E-state index contributed by atoms with van der Waals surface area (Å²) in [7, 11) is 0. The third-order valence-electron chi connectivity index (χ3n) is 2.90. The van der Waals surface area contributed by atoms with Crippen molar-refractivity contribution in [1.29, 1.82) is 0 Å². The molecule has 1 saturated carbocycles. The molecule has 0 aromatic carbocycles. The van der Waals surface area contributed by atoms with Gasteiger partial charge in [0, 0.05) is 5.54 Å². The number of pyridine rings is 1. The molecule has 0 amide bonds. The minimum absolute atomic E-state index is 0.106. The summed E-state index contributed by atoms with van der Waals surface area (Å²) in [5.74, 6) is 0.655. The molecule has 2 aromatic rings. The topological polar surface area (TPSA) is 50.7 Å². The smallest absolute Gasteiger partial charge is 0.225 e. The summed E-state index contributed by atoms with van der Waals surface area (Å²) >= 11 is 11.8. The van der Waals surface area contributed by atoms with Crippen LogP contribution >= 0.6 is 23.2 Å². The van der Waals surface area contributed by atoms with Crippen LogP contribution in [0.3, 0.4) is 0 Å². The van der Waals surface area contributed by atoms with Gasteiger partial charge in [-0.15, -0.1) is 0 Å². The molecule has 4 nitrogen and oxygen atoms in total. The number of fused-ring (bicyclic) bond motifs is 1. The van der Waals surface area contributed by atoms with Crippen LogP contribution < -0.4 is 5.32 Å². The maximum atomic E-state index is 5.89. The van der Waals surface area contributed by atoms with Crippen molar-refractivity contribution in [2.45, 2.75) is 25.3 Å². The first-order valence-corrected chi connectivity index (χ1v) is 6.09. The molecular weight excluding hydrogens is 259 g/mol. The Morgan fingerprint density at radius 1 is 1.18 bits per heavy atom. The third kappa shape index (κ3) is 2.15. The van der Waals surface area contributed by atoms with Crippen LogP contribution in [0.1, 0.15) is 19.8 Å². The second-order valence-corrected chi connectivity index (χ2v) is 5.25. The van der Waals surface area contributed by atoms with Crippen molar-refractivity contribution in [2.24, 2.45) is 0 Å². The summed E-state index contributed by atoms with van der Waals surface area (Å²) in [6.45, 7) is 2.14. The number of hydrogen-bond donors (Lipinski definition) is 1. The molecule has 1 fully saturated rings. The molecule has 2 aromatic heterocycles. The number of halogens is 2. The molecular formula is C11H10Cl2N4. The van der Waals surface area contributed by atoms with E-state index >= 15 is 0 Å². The van der Waals surface area contributed by atoms with Crippen LogP contribution in [0.5, 0.6) is 0 Å². The SMILES string of the molecule is CC1(Nc2nc(Cl)nc3ccc(Cl)nc23)CC1.